The van der Waals surface area contributed by atoms with Gasteiger partial charge in [0.25, 0.3) is 0 Å². The lowest BCUT2D eigenvalue weighted by Crippen LogP contribution is -2.25. The van der Waals surface area contributed by atoms with E-state index in [2.05, 4.69) is 15.3 Å². The number of hydrogen-bond donors (Lipinski definition) is 1. The SMILES string of the molecule is CCC(C)CN(C)c1cc(C(F)(F)F)nc(NC)n1. The van der Waals surface area contributed by atoms with Crippen LogP contribution in [0.25, 0.3) is 0 Å². The molecule has 0 bridgehead atoms. The third kappa shape index (κ3) is 4.25. The first-order valence-electron chi connectivity index (χ1n) is 6.13. The quantitative estimate of drug-likeness (QED) is 0.897. The molecule has 1 rings (SSSR count). The fourth-order valence-electron chi connectivity index (χ4n) is 1.58. The van der Waals surface area contributed by atoms with Crippen molar-refractivity contribution in [2.45, 2.75) is 26.4 Å². The van der Waals surface area contributed by atoms with Crippen LogP contribution in [0, 0.1) is 5.92 Å². The lowest BCUT2D eigenvalue weighted by molar-refractivity contribution is -0.141. The molecule has 1 N–H and O–H groups in total. The van der Waals surface area contributed by atoms with Crippen LogP contribution in [0.4, 0.5) is 24.9 Å². The number of nitrogens with zero attached hydrogens (tertiary/aromatic N) is 3. The lowest BCUT2D eigenvalue weighted by Gasteiger charge is -2.22. The van der Waals surface area contributed by atoms with Crippen LogP contribution in [0.3, 0.4) is 0 Å². The van der Waals surface area contributed by atoms with E-state index in [1.54, 1.807) is 11.9 Å². The summed E-state index contributed by atoms with van der Waals surface area (Å²) in [5.74, 6) is 0.625. The first-order valence-corrected chi connectivity index (χ1v) is 6.13. The molecular weight excluding hydrogens is 257 g/mol. The summed E-state index contributed by atoms with van der Waals surface area (Å²) in [6, 6.07) is 0.975. The molecule has 0 aliphatic carbocycles. The minimum atomic E-state index is -4.47. The van der Waals surface area contributed by atoms with Crippen LogP contribution in [0.15, 0.2) is 6.07 Å². The number of halogens is 3. The molecule has 1 aromatic heterocycles. The largest absolute Gasteiger partial charge is 0.433 e. The third-order valence-corrected chi connectivity index (χ3v) is 2.90. The van der Waals surface area contributed by atoms with Crippen molar-refractivity contribution in [2.75, 3.05) is 30.9 Å². The van der Waals surface area contributed by atoms with Crippen LogP contribution in [-0.2, 0) is 6.18 Å². The Labute approximate surface area is 111 Å². The molecule has 1 atom stereocenters. The lowest BCUT2D eigenvalue weighted by atomic mass is 10.1. The fourth-order valence-corrected chi connectivity index (χ4v) is 1.58. The van der Waals surface area contributed by atoms with E-state index in [4.69, 9.17) is 0 Å². The smallest absolute Gasteiger partial charge is 0.359 e. The molecule has 0 spiro atoms. The second kappa shape index (κ2) is 6.08. The van der Waals surface area contributed by atoms with Crippen LogP contribution in [0.5, 0.6) is 0 Å². The maximum absolute atomic E-state index is 12.7. The van der Waals surface area contributed by atoms with E-state index in [-0.39, 0.29) is 11.8 Å². The molecule has 0 aliphatic rings. The summed E-state index contributed by atoms with van der Waals surface area (Å²) in [6.07, 6.45) is -3.51. The highest BCUT2D eigenvalue weighted by Gasteiger charge is 2.34. The van der Waals surface area contributed by atoms with E-state index in [0.717, 1.165) is 12.5 Å². The monoisotopic (exact) mass is 276 g/mol. The Bertz CT molecular complexity index is 420. The summed E-state index contributed by atoms with van der Waals surface area (Å²) in [5.41, 5.74) is -0.933. The Balaban J connectivity index is 3.06. The predicted molar refractivity (Wildman–Crippen MR) is 69.3 cm³/mol. The van der Waals surface area contributed by atoms with Gasteiger partial charge in [0.15, 0.2) is 5.69 Å². The van der Waals surface area contributed by atoms with E-state index in [0.29, 0.717) is 12.5 Å². The van der Waals surface area contributed by atoms with Gasteiger partial charge in [-0.2, -0.15) is 18.2 Å². The van der Waals surface area contributed by atoms with Gasteiger partial charge in [-0.25, -0.2) is 4.98 Å². The molecule has 0 aliphatic heterocycles. The second-order valence-electron chi connectivity index (χ2n) is 4.58. The van der Waals surface area contributed by atoms with Crippen molar-refractivity contribution in [3.63, 3.8) is 0 Å². The van der Waals surface area contributed by atoms with Crippen LogP contribution in [0.2, 0.25) is 0 Å². The maximum Gasteiger partial charge on any atom is 0.433 e. The molecular formula is C12H19F3N4. The van der Waals surface area contributed by atoms with E-state index in [1.165, 1.54) is 7.05 Å². The van der Waals surface area contributed by atoms with Gasteiger partial charge in [0.1, 0.15) is 5.82 Å². The molecule has 0 saturated heterocycles. The molecule has 0 amide bonds. The minimum absolute atomic E-state index is 0.0270. The Kier molecular flexibility index (Phi) is 4.97. The van der Waals surface area contributed by atoms with Crippen LogP contribution in [0.1, 0.15) is 26.0 Å². The van der Waals surface area contributed by atoms with E-state index in [9.17, 15) is 13.2 Å². The molecule has 7 heteroatoms. The first-order chi connectivity index (χ1) is 8.77. The highest BCUT2D eigenvalue weighted by atomic mass is 19.4. The second-order valence-corrected chi connectivity index (χ2v) is 4.58. The van der Waals surface area contributed by atoms with Crippen molar-refractivity contribution in [2.24, 2.45) is 5.92 Å². The summed E-state index contributed by atoms with van der Waals surface area (Å²) >= 11 is 0. The van der Waals surface area contributed by atoms with Crippen molar-refractivity contribution >= 4 is 11.8 Å². The summed E-state index contributed by atoms with van der Waals surface area (Å²) in [7, 11) is 3.22. The van der Waals surface area contributed by atoms with Gasteiger partial charge in [-0.05, 0) is 5.92 Å². The average molecular weight is 276 g/mol. The van der Waals surface area contributed by atoms with E-state index < -0.39 is 11.9 Å². The molecule has 0 aromatic carbocycles. The van der Waals surface area contributed by atoms with Crippen LogP contribution in [-0.4, -0.2) is 30.6 Å². The van der Waals surface area contributed by atoms with Gasteiger partial charge in [0, 0.05) is 26.7 Å². The van der Waals surface area contributed by atoms with Crippen molar-refractivity contribution in [1.82, 2.24) is 9.97 Å². The van der Waals surface area contributed by atoms with Gasteiger partial charge in [-0.15, -0.1) is 0 Å². The van der Waals surface area contributed by atoms with Gasteiger partial charge in [0.05, 0.1) is 0 Å². The Morgan fingerprint density at radius 1 is 1.37 bits per heavy atom. The maximum atomic E-state index is 12.7. The molecule has 0 fully saturated rings. The molecule has 1 aromatic rings. The third-order valence-electron chi connectivity index (χ3n) is 2.90. The number of alkyl halides is 3. The Morgan fingerprint density at radius 3 is 2.47 bits per heavy atom. The number of nitrogens with one attached hydrogen (secondary N) is 1. The number of anilines is 2. The Hall–Kier alpha value is -1.53. The molecule has 1 heterocycles. The molecule has 4 nitrogen and oxygen atoms in total. The first kappa shape index (κ1) is 15.5. The Morgan fingerprint density at radius 2 is 2.00 bits per heavy atom. The number of aromatic nitrogens is 2. The standard InChI is InChI=1S/C12H19F3N4/c1-5-8(2)7-19(4)10-6-9(12(13,14)15)17-11(16-3)18-10/h6,8H,5,7H2,1-4H3,(H,16,17,18). The van der Waals surface area contributed by atoms with Gasteiger partial charge in [-0.1, -0.05) is 20.3 Å². The predicted octanol–water partition coefficient (Wildman–Crippen LogP) is 3.02. The molecule has 0 radical (unpaired) electrons. The number of rotatable bonds is 5. The summed E-state index contributed by atoms with van der Waals surface area (Å²) in [6.45, 7) is 4.73. The van der Waals surface area contributed by atoms with Crippen molar-refractivity contribution < 1.29 is 13.2 Å². The fraction of sp³-hybridized carbons (Fsp3) is 0.667. The van der Waals surface area contributed by atoms with Gasteiger partial charge < -0.3 is 10.2 Å². The van der Waals surface area contributed by atoms with Crippen LogP contribution >= 0.6 is 0 Å². The minimum Gasteiger partial charge on any atom is -0.359 e. The summed E-state index contributed by atoms with van der Waals surface area (Å²) < 4.78 is 38.2. The molecule has 108 valence electrons. The zero-order valence-corrected chi connectivity index (χ0v) is 11.5. The number of hydrogen-bond acceptors (Lipinski definition) is 4. The molecule has 1 unspecified atom stereocenters. The normalized spacial score (nSPS) is 13.2. The van der Waals surface area contributed by atoms with Crippen molar-refractivity contribution in [3.05, 3.63) is 11.8 Å². The summed E-state index contributed by atoms with van der Waals surface area (Å²) in [4.78, 5) is 9.20. The highest BCUT2D eigenvalue weighted by Crippen LogP contribution is 2.30. The highest BCUT2D eigenvalue weighted by molar-refractivity contribution is 5.44. The van der Waals surface area contributed by atoms with Crippen LogP contribution < -0.4 is 10.2 Å². The zero-order chi connectivity index (χ0) is 14.6. The summed E-state index contributed by atoms with van der Waals surface area (Å²) in [5, 5.41) is 2.55. The van der Waals surface area contributed by atoms with Crippen molar-refractivity contribution in [3.8, 4) is 0 Å². The van der Waals surface area contributed by atoms with Gasteiger partial charge in [0.2, 0.25) is 5.95 Å². The van der Waals surface area contributed by atoms with Gasteiger partial charge >= 0.3 is 6.18 Å². The average Bonchev–Trinajstić information content (AvgIpc) is 2.36. The molecule has 19 heavy (non-hydrogen) atoms. The van der Waals surface area contributed by atoms with E-state index in [1.807, 2.05) is 13.8 Å². The van der Waals surface area contributed by atoms with Gasteiger partial charge in [-0.3, -0.25) is 0 Å². The molecule has 0 saturated carbocycles. The zero-order valence-electron chi connectivity index (χ0n) is 11.5. The van der Waals surface area contributed by atoms with E-state index >= 15 is 0 Å². The topological polar surface area (TPSA) is 41.1 Å². The van der Waals surface area contributed by atoms with Crippen molar-refractivity contribution in [1.29, 1.82) is 0 Å².